The van der Waals surface area contributed by atoms with Crippen LogP contribution in [0.15, 0.2) is 0 Å². The van der Waals surface area contributed by atoms with Crippen LogP contribution < -0.4 is 0 Å². The first kappa shape index (κ1) is 4.36. The van der Waals surface area contributed by atoms with E-state index in [2.05, 4.69) is 22.8 Å². The van der Waals surface area contributed by atoms with E-state index in [0.29, 0.717) is 6.31 Å². The van der Waals surface area contributed by atoms with Gasteiger partial charge in [0, 0.05) is 0 Å². The maximum absolute atomic E-state index is 4.61. The van der Waals surface area contributed by atoms with Crippen LogP contribution in [0.4, 0.5) is 0 Å². The van der Waals surface area contributed by atoms with Gasteiger partial charge in [-0.3, -0.25) is 9.15 Å². The molecule has 0 aromatic carbocycles. The molecule has 0 bridgehead atoms. The summed E-state index contributed by atoms with van der Waals surface area (Å²) in [5.74, 6) is 0. The molecule has 0 amide bonds. The molecule has 0 spiro atoms. The van der Waals surface area contributed by atoms with Crippen molar-refractivity contribution in [3.63, 3.8) is 0 Å². The first-order valence-corrected chi connectivity index (χ1v) is 3.74. The molecule has 0 aromatic rings. The molecule has 0 N–H and O–H groups in total. The van der Waals surface area contributed by atoms with Crippen molar-refractivity contribution in [1.82, 2.24) is 0 Å². The molecule has 6 heavy (non-hydrogen) atoms. The highest BCUT2D eigenvalue weighted by atomic mass is 28.3. The molecule has 0 aromatic heterocycles. The second-order valence-electron chi connectivity index (χ2n) is 1.80. The van der Waals surface area contributed by atoms with Gasteiger partial charge in [-0.1, -0.05) is 13.6 Å². The van der Waals surface area contributed by atoms with E-state index in [4.69, 9.17) is 0 Å². The molecule has 1 saturated heterocycles. The Hall–Kier alpha value is 0.202. The lowest BCUT2D eigenvalue weighted by molar-refractivity contribution is 0.0850. The Kier molecular flexibility index (Phi) is 0.993. The summed E-state index contributed by atoms with van der Waals surface area (Å²) in [6.07, 6.45) is 0.657. The molecule has 1 aliphatic rings. The van der Waals surface area contributed by atoms with Crippen LogP contribution >= 0.6 is 0 Å². The lowest BCUT2D eigenvalue weighted by atomic mass is 9.84. The van der Waals surface area contributed by atoms with Crippen molar-refractivity contribution in [2.45, 2.75) is 13.6 Å². The minimum Gasteiger partial charge on any atom is -0.271 e. The zero-order valence-corrected chi connectivity index (χ0v) is 5.13. The Bertz CT molecular complexity index is 53.5. The second kappa shape index (κ2) is 1.37. The topological polar surface area (TPSA) is 25.1 Å². The largest absolute Gasteiger partial charge is 0.354 e. The summed E-state index contributed by atoms with van der Waals surface area (Å²) in [5, 5.41) is 0. The predicted molar refractivity (Wildman–Crippen MR) is 26.8 cm³/mol. The molecule has 0 radical (unpaired) electrons. The van der Waals surface area contributed by atoms with E-state index in [9.17, 15) is 0 Å². The molecule has 0 saturated carbocycles. The van der Waals surface area contributed by atoms with Crippen molar-refractivity contribution in [3.8, 4) is 0 Å². The summed E-state index contributed by atoms with van der Waals surface area (Å²) in [6.45, 7) is 4.23. The fourth-order valence-corrected chi connectivity index (χ4v) is 0.955. The Labute approximate surface area is 39.2 Å². The van der Waals surface area contributed by atoms with Gasteiger partial charge in [-0.2, -0.15) is 0 Å². The van der Waals surface area contributed by atoms with E-state index in [0.717, 1.165) is 0 Å². The average Bonchev–Trinajstić information content (AvgIpc) is 2.06. The van der Waals surface area contributed by atoms with E-state index in [1.54, 1.807) is 0 Å². The van der Waals surface area contributed by atoms with Crippen LogP contribution in [0.5, 0.6) is 0 Å². The standard InChI is InChI=1S/C2H7BO2Si/c1-3(2)6-4-5-6/h6H,1-2H3. The van der Waals surface area contributed by atoms with Crippen LogP contribution in [-0.2, 0) is 9.15 Å². The molecule has 1 rings (SSSR count). The summed E-state index contributed by atoms with van der Waals surface area (Å²) in [7, 11) is -0.994. The number of rotatable bonds is 1. The lowest BCUT2D eigenvalue weighted by Gasteiger charge is -1.76. The van der Waals surface area contributed by atoms with Gasteiger partial charge in [-0.25, -0.2) is 0 Å². The van der Waals surface area contributed by atoms with Crippen molar-refractivity contribution in [3.05, 3.63) is 0 Å². The highest BCUT2D eigenvalue weighted by Gasteiger charge is 2.35. The first-order valence-electron chi connectivity index (χ1n) is 2.13. The van der Waals surface area contributed by atoms with Crippen molar-refractivity contribution in [2.75, 3.05) is 0 Å². The molecular formula is C2H7BO2Si. The maximum Gasteiger partial charge on any atom is 0.354 e. The molecule has 0 atom stereocenters. The molecule has 2 nitrogen and oxygen atoms in total. The number of hydrogen-bond acceptors (Lipinski definition) is 2. The van der Waals surface area contributed by atoms with Gasteiger partial charge in [0.25, 0.3) is 0 Å². The van der Waals surface area contributed by atoms with Gasteiger partial charge >= 0.3 is 9.15 Å². The molecule has 0 unspecified atom stereocenters. The number of hydrogen-bond donors (Lipinski definition) is 0. The SMILES string of the molecule is CB(C)[SiH]1OO1. The first-order chi connectivity index (χ1) is 2.80. The molecular weight excluding hydrogens is 94.9 g/mol. The van der Waals surface area contributed by atoms with Gasteiger partial charge in [0.2, 0.25) is 0 Å². The van der Waals surface area contributed by atoms with Gasteiger partial charge in [0.1, 0.15) is 0 Å². The van der Waals surface area contributed by atoms with Crippen molar-refractivity contribution >= 4 is 15.5 Å². The molecule has 1 fully saturated rings. The fraction of sp³-hybridized carbons (Fsp3) is 1.00. The normalized spacial score (nSPS) is 21.0. The van der Waals surface area contributed by atoms with Gasteiger partial charge in [0.05, 0.1) is 0 Å². The zero-order chi connectivity index (χ0) is 4.57. The highest BCUT2D eigenvalue weighted by molar-refractivity contribution is 7.17. The summed E-state index contributed by atoms with van der Waals surface area (Å²) >= 11 is 0. The Balaban J connectivity index is 2.13. The summed E-state index contributed by atoms with van der Waals surface area (Å²) in [4.78, 5) is 0. The quantitative estimate of drug-likeness (QED) is 0.264. The third kappa shape index (κ3) is 0.831. The van der Waals surface area contributed by atoms with Crippen LogP contribution in [-0.4, -0.2) is 15.5 Å². The third-order valence-corrected chi connectivity index (χ3v) is 2.26. The highest BCUT2D eigenvalue weighted by Crippen LogP contribution is 2.08. The van der Waals surface area contributed by atoms with E-state index in [1.807, 2.05) is 0 Å². The van der Waals surface area contributed by atoms with Crippen LogP contribution in [0.25, 0.3) is 0 Å². The lowest BCUT2D eigenvalue weighted by Crippen LogP contribution is -2.14. The fourth-order valence-electron chi connectivity index (χ4n) is 0.254. The van der Waals surface area contributed by atoms with Gasteiger partial charge < -0.3 is 0 Å². The van der Waals surface area contributed by atoms with Gasteiger partial charge in [0.15, 0.2) is 6.31 Å². The third-order valence-electron chi connectivity index (χ3n) is 0.752. The molecule has 1 aliphatic heterocycles. The van der Waals surface area contributed by atoms with E-state index >= 15 is 0 Å². The predicted octanol–water partition coefficient (Wildman–Crippen LogP) is 0.00150. The minimum atomic E-state index is -0.994. The van der Waals surface area contributed by atoms with Crippen LogP contribution in [0, 0.1) is 0 Å². The summed E-state index contributed by atoms with van der Waals surface area (Å²) < 4.78 is 9.22. The monoisotopic (exact) mass is 102 g/mol. The maximum atomic E-state index is 4.61. The van der Waals surface area contributed by atoms with E-state index < -0.39 is 9.15 Å². The summed E-state index contributed by atoms with van der Waals surface area (Å²) in [5.41, 5.74) is 0. The molecule has 34 valence electrons. The molecule has 1 heterocycles. The Morgan fingerprint density at radius 1 is 1.33 bits per heavy atom. The van der Waals surface area contributed by atoms with Gasteiger partial charge in [-0.05, 0) is 0 Å². The zero-order valence-electron chi connectivity index (χ0n) is 3.97. The van der Waals surface area contributed by atoms with E-state index in [1.165, 1.54) is 0 Å². The van der Waals surface area contributed by atoms with Crippen molar-refractivity contribution in [1.29, 1.82) is 0 Å². The Morgan fingerprint density at radius 3 is 1.83 bits per heavy atom. The van der Waals surface area contributed by atoms with Crippen molar-refractivity contribution < 1.29 is 9.15 Å². The minimum absolute atomic E-state index is 0.657. The van der Waals surface area contributed by atoms with Gasteiger partial charge in [-0.15, -0.1) is 0 Å². The van der Waals surface area contributed by atoms with Crippen LogP contribution in [0.2, 0.25) is 13.6 Å². The Morgan fingerprint density at radius 2 is 1.83 bits per heavy atom. The van der Waals surface area contributed by atoms with E-state index in [-0.39, 0.29) is 0 Å². The average molecular weight is 102 g/mol. The van der Waals surface area contributed by atoms with Crippen LogP contribution in [0.1, 0.15) is 0 Å². The summed E-state index contributed by atoms with van der Waals surface area (Å²) in [6, 6.07) is 0. The van der Waals surface area contributed by atoms with Crippen LogP contribution in [0.3, 0.4) is 0 Å². The second-order valence-corrected chi connectivity index (χ2v) is 4.26. The molecule has 0 aliphatic carbocycles. The van der Waals surface area contributed by atoms with Crippen molar-refractivity contribution in [2.24, 2.45) is 0 Å². The molecule has 4 heteroatoms. The smallest absolute Gasteiger partial charge is 0.271 e.